The topological polar surface area (TPSA) is 65.0 Å². The van der Waals surface area contributed by atoms with E-state index in [0.717, 1.165) is 21.2 Å². The molecule has 1 unspecified atom stereocenters. The third-order valence-electron chi connectivity index (χ3n) is 4.30. The van der Waals surface area contributed by atoms with E-state index >= 15 is 0 Å². The number of aromatic nitrogens is 3. The van der Waals surface area contributed by atoms with Crippen LogP contribution in [-0.4, -0.2) is 15.4 Å². The third-order valence-corrected chi connectivity index (χ3v) is 4.99. The second kappa shape index (κ2) is 6.29. The van der Waals surface area contributed by atoms with E-state index in [1.54, 1.807) is 12.5 Å². The third kappa shape index (κ3) is 2.68. The molecule has 2 aromatic carbocycles. The van der Waals surface area contributed by atoms with Gasteiger partial charge in [-0.15, -0.1) is 10.2 Å². The molecule has 0 bridgehead atoms. The van der Waals surface area contributed by atoms with Crippen molar-refractivity contribution in [1.29, 1.82) is 0 Å². The molecular formula is C19H14BrN3O2. The smallest absolute Gasteiger partial charge is 0.247 e. The SMILES string of the molecule is CC(c1cnoc1)(c1nnc(-c2ccccc2)o1)c1ccccc1Br. The van der Waals surface area contributed by atoms with Crippen LogP contribution < -0.4 is 0 Å². The summed E-state index contributed by atoms with van der Waals surface area (Å²) in [6, 6.07) is 17.6. The van der Waals surface area contributed by atoms with E-state index in [4.69, 9.17) is 8.94 Å². The molecule has 0 aliphatic carbocycles. The van der Waals surface area contributed by atoms with Crippen LogP contribution in [0.3, 0.4) is 0 Å². The molecule has 0 aliphatic rings. The summed E-state index contributed by atoms with van der Waals surface area (Å²) in [6.45, 7) is 2.02. The fourth-order valence-corrected chi connectivity index (χ4v) is 3.52. The van der Waals surface area contributed by atoms with Crippen LogP contribution in [0.1, 0.15) is 23.9 Å². The number of nitrogens with zero attached hydrogens (tertiary/aromatic N) is 3. The minimum Gasteiger partial charge on any atom is -0.419 e. The first-order chi connectivity index (χ1) is 12.2. The van der Waals surface area contributed by atoms with Crippen LogP contribution in [-0.2, 0) is 5.41 Å². The summed E-state index contributed by atoms with van der Waals surface area (Å²) in [5, 5.41) is 12.4. The summed E-state index contributed by atoms with van der Waals surface area (Å²) in [5.41, 5.74) is 2.00. The molecular weight excluding hydrogens is 382 g/mol. The van der Waals surface area contributed by atoms with Crippen molar-refractivity contribution < 1.29 is 8.94 Å². The van der Waals surface area contributed by atoms with Crippen molar-refractivity contribution in [1.82, 2.24) is 15.4 Å². The van der Waals surface area contributed by atoms with Crippen LogP contribution in [0.5, 0.6) is 0 Å². The van der Waals surface area contributed by atoms with E-state index in [9.17, 15) is 0 Å². The summed E-state index contributed by atoms with van der Waals surface area (Å²) in [6.07, 6.45) is 3.28. The normalized spacial score (nSPS) is 13.5. The summed E-state index contributed by atoms with van der Waals surface area (Å²) in [5.74, 6) is 0.951. The van der Waals surface area contributed by atoms with Gasteiger partial charge in [0.2, 0.25) is 11.8 Å². The van der Waals surface area contributed by atoms with Crippen molar-refractivity contribution in [3.05, 3.63) is 88.5 Å². The van der Waals surface area contributed by atoms with Crippen molar-refractivity contribution in [3.8, 4) is 11.5 Å². The van der Waals surface area contributed by atoms with Crippen LogP contribution in [0.15, 0.2) is 80.5 Å². The molecule has 0 N–H and O–H groups in total. The molecule has 0 amide bonds. The van der Waals surface area contributed by atoms with E-state index in [1.165, 1.54) is 0 Å². The van der Waals surface area contributed by atoms with Gasteiger partial charge in [0.05, 0.1) is 6.20 Å². The lowest BCUT2D eigenvalue weighted by atomic mass is 9.77. The Labute approximate surface area is 152 Å². The molecule has 5 nitrogen and oxygen atoms in total. The molecule has 2 heterocycles. The van der Waals surface area contributed by atoms with Gasteiger partial charge in [0.25, 0.3) is 0 Å². The summed E-state index contributed by atoms with van der Waals surface area (Å²) in [7, 11) is 0. The lowest BCUT2D eigenvalue weighted by Gasteiger charge is -2.25. The van der Waals surface area contributed by atoms with E-state index in [0.29, 0.717) is 11.8 Å². The first-order valence-electron chi connectivity index (χ1n) is 7.74. The van der Waals surface area contributed by atoms with Gasteiger partial charge < -0.3 is 8.94 Å². The zero-order chi connectivity index (χ0) is 17.3. The quantitative estimate of drug-likeness (QED) is 0.494. The van der Waals surface area contributed by atoms with Crippen molar-refractivity contribution in [2.75, 3.05) is 0 Å². The average Bonchev–Trinajstić information content (AvgIpc) is 3.35. The molecule has 6 heteroatoms. The van der Waals surface area contributed by atoms with Crippen LogP contribution in [0.25, 0.3) is 11.5 Å². The lowest BCUT2D eigenvalue weighted by molar-refractivity contribution is 0.410. The Morgan fingerprint density at radius 1 is 0.960 bits per heavy atom. The maximum absolute atomic E-state index is 6.06. The van der Waals surface area contributed by atoms with E-state index in [-0.39, 0.29) is 0 Å². The van der Waals surface area contributed by atoms with Crippen molar-refractivity contribution in [2.45, 2.75) is 12.3 Å². The van der Waals surface area contributed by atoms with Gasteiger partial charge in [-0.25, -0.2) is 0 Å². The molecule has 0 fully saturated rings. The molecule has 0 spiro atoms. The molecule has 4 rings (SSSR count). The maximum atomic E-state index is 6.06. The van der Waals surface area contributed by atoms with Gasteiger partial charge >= 0.3 is 0 Å². The first kappa shape index (κ1) is 15.8. The Hall–Kier alpha value is -2.73. The first-order valence-corrected chi connectivity index (χ1v) is 8.53. The highest BCUT2D eigenvalue weighted by atomic mass is 79.9. The predicted molar refractivity (Wildman–Crippen MR) is 95.9 cm³/mol. The maximum Gasteiger partial charge on any atom is 0.247 e. The van der Waals surface area contributed by atoms with Gasteiger partial charge in [0.15, 0.2) is 0 Å². The van der Waals surface area contributed by atoms with Gasteiger partial charge in [-0.2, -0.15) is 0 Å². The molecule has 0 saturated heterocycles. The predicted octanol–water partition coefficient (Wildman–Crippen LogP) is 4.84. The molecule has 0 radical (unpaired) electrons. The largest absolute Gasteiger partial charge is 0.419 e. The van der Waals surface area contributed by atoms with Crippen LogP contribution in [0, 0.1) is 0 Å². The molecule has 4 aromatic rings. The number of hydrogen-bond donors (Lipinski definition) is 0. The highest BCUT2D eigenvalue weighted by molar-refractivity contribution is 9.10. The Balaban J connectivity index is 1.89. The second-order valence-electron chi connectivity index (χ2n) is 5.80. The highest BCUT2D eigenvalue weighted by Gasteiger charge is 2.39. The van der Waals surface area contributed by atoms with Gasteiger partial charge in [0, 0.05) is 15.6 Å². The molecule has 2 aromatic heterocycles. The summed E-state index contributed by atoms with van der Waals surface area (Å²) >= 11 is 3.63. The van der Waals surface area contributed by atoms with E-state index < -0.39 is 5.41 Å². The number of benzene rings is 2. The lowest BCUT2D eigenvalue weighted by Crippen LogP contribution is -2.26. The molecule has 0 aliphatic heterocycles. The average molecular weight is 396 g/mol. The Bertz CT molecular complexity index is 983. The van der Waals surface area contributed by atoms with Crippen LogP contribution >= 0.6 is 15.9 Å². The summed E-state index contributed by atoms with van der Waals surface area (Å²) < 4.78 is 12.1. The van der Waals surface area contributed by atoms with Crippen LogP contribution in [0.4, 0.5) is 0 Å². The Morgan fingerprint density at radius 2 is 1.72 bits per heavy atom. The molecule has 25 heavy (non-hydrogen) atoms. The van der Waals surface area contributed by atoms with Crippen molar-refractivity contribution >= 4 is 15.9 Å². The number of hydrogen-bond acceptors (Lipinski definition) is 5. The van der Waals surface area contributed by atoms with E-state index in [2.05, 4.69) is 31.3 Å². The van der Waals surface area contributed by atoms with Gasteiger partial charge in [0.1, 0.15) is 11.7 Å². The minimum atomic E-state index is -0.694. The summed E-state index contributed by atoms with van der Waals surface area (Å²) in [4.78, 5) is 0. The van der Waals surface area contributed by atoms with Gasteiger partial charge in [-0.05, 0) is 30.7 Å². The fourth-order valence-electron chi connectivity index (χ4n) is 2.84. The van der Waals surface area contributed by atoms with E-state index in [1.807, 2.05) is 61.5 Å². The van der Waals surface area contributed by atoms with Gasteiger partial charge in [-0.3, -0.25) is 0 Å². The van der Waals surface area contributed by atoms with Gasteiger partial charge in [-0.1, -0.05) is 57.5 Å². The van der Waals surface area contributed by atoms with Crippen molar-refractivity contribution in [3.63, 3.8) is 0 Å². The zero-order valence-electron chi connectivity index (χ0n) is 13.4. The highest BCUT2D eigenvalue weighted by Crippen LogP contribution is 2.41. The minimum absolute atomic E-state index is 0.474. The Morgan fingerprint density at radius 3 is 2.44 bits per heavy atom. The van der Waals surface area contributed by atoms with Crippen LogP contribution in [0.2, 0.25) is 0 Å². The standard InChI is InChI=1S/C19H14BrN3O2/c1-19(14-11-21-24-12-14,15-9-5-6-10-16(15)20)18-23-22-17(25-18)13-7-3-2-4-8-13/h2-12H,1H3. The second-order valence-corrected chi connectivity index (χ2v) is 6.65. The molecule has 124 valence electrons. The zero-order valence-corrected chi connectivity index (χ0v) is 15.0. The fraction of sp³-hybridized carbons (Fsp3) is 0.105. The number of rotatable bonds is 4. The molecule has 1 atom stereocenters. The monoisotopic (exact) mass is 395 g/mol. The van der Waals surface area contributed by atoms with Crippen molar-refractivity contribution in [2.24, 2.45) is 0 Å². The Kier molecular flexibility index (Phi) is 3.97. The molecule has 0 saturated carbocycles. The number of halogens is 1.